The van der Waals surface area contributed by atoms with Gasteiger partial charge in [-0.05, 0) is 29.7 Å². The standard InChI is InChI=1S/C19H14ClN3OS/c20-13-7-1-2-8-14(13)21-17(24)11-25-19-22-15-9-3-5-12-6-4-10-16(23-19)18(12)15/h1-10H,11H2,(H,21,24)(H,22,23). The van der Waals surface area contributed by atoms with Crippen molar-refractivity contribution in [2.75, 3.05) is 16.4 Å². The number of amides is 1. The molecule has 0 radical (unpaired) electrons. The number of benzene rings is 3. The van der Waals surface area contributed by atoms with Crippen molar-refractivity contribution in [1.29, 1.82) is 0 Å². The fourth-order valence-electron chi connectivity index (χ4n) is 2.72. The van der Waals surface area contributed by atoms with Crippen LogP contribution in [0.15, 0.2) is 65.7 Å². The van der Waals surface area contributed by atoms with Gasteiger partial charge in [0, 0.05) is 5.39 Å². The number of nitrogens with one attached hydrogen (secondary N) is 2. The van der Waals surface area contributed by atoms with E-state index in [4.69, 9.17) is 11.6 Å². The first-order valence-corrected chi connectivity index (χ1v) is 9.12. The van der Waals surface area contributed by atoms with Crippen LogP contribution in [-0.4, -0.2) is 16.8 Å². The Morgan fingerprint density at radius 3 is 2.72 bits per heavy atom. The van der Waals surface area contributed by atoms with Gasteiger partial charge in [0.2, 0.25) is 5.91 Å². The van der Waals surface area contributed by atoms with Gasteiger partial charge in [0.05, 0.1) is 27.8 Å². The monoisotopic (exact) mass is 367 g/mol. The molecule has 2 N–H and O–H groups in total. The molecule has 6 heteroatoms. The highest BCUT2D eigenvalue weighted by Crippen LogP contribution is 2.36. The van der Waals surface area contributed by atoms with Crippen LogP contribution in [0.1, 0.15) is 0 Å². The minimum absolute atomic E-state index is 0.125. The fraction of sp³-hybridized carbons (Fsp3) is 0.0526. The van der Waals surface area contributed by atoms with Crippen molar-refractivity contribution in [1.82, 2.24) is 0 Å². The minimum atomic E-state index is -0.125. The summed E-state index contributed by atoms with van der Waals surface area (Å²) in [6.07, 6.45) is 0. The molecule has 0 unspecified atom stereocenters. The molecule has 0 spiro atoms. The first-order valence-electron chi connectivity index (χ1n) is 7.75. The molecule has 1 aliphatic rings. The van der Waals surface area contributed by atoms with Crippen LogP contribution < -0.4 is 10.6 Å². The molecule has 25 heavy (non-hydrogen) atoms. The van der Waals surface area contributed by atoms with Gasteiger partial charge in [-0.15, -0.1) is 0 Å². The van der Waals surface area contributed by atoms with Gasteiger partial charge in [-0.1, -0.05) is 59.8 Å². The topological polar surface area (TPSA) is 53.5 Å². The summed E-state index contributed by atoms with van der Waals surface area (Å²) in [6, 6.07) is 19.3. The second kappa shape index (κ2) is 6.78. The number of hydrogen-bond donors (Lipinski definition) is 2. The number of aliphatic imine (C=N–C) groups is 1. The van der Waals surface area contributed by atoms with Crippen molar-refractivity contribution in [3.63, 3.8) is 0 Å². The molecule has 124 valence electrons. The summed E-state index contributed by atoms with van der Waals surface area (Å²) < 4.78 is 0. The van der Waals surface area contributed by atoms with E-state index in [1.807, 2.05) is 36.4 Å². The van der Waals surface area contributed by atoms with Gasteiger partial charge in [0.25, 0.3) is 0 Å². The Balaban J connectivity index is 1.47. The van der Waals surface area contributed by atoms with Gasteiger partial charge in [-0.3, -0.25) is 4.79 Å². The third kappa shape index (κ3) is 3.34. The third-order valence-corrected chi connectivity index (χ3v) is 5.04. The van der Waals surface area contributed by atoms with Crippen molar-refractivity contribution in [3.8, 4) is 0 Å². The Morgan fingerprint density at radius 2 is 1.88 bits per heavy atom. The van der Waals surface area contributed by atoms with E-state index in [0.717, 1.165) is 22.1 Å². The zero-order valence-electron chi connectivity index (χ0n) is 13.1. The first-order chi connectivity index (χ1) is 12.2. The Labute approximate surface area is 154 Å². The summed E-state index contributed by atoms with van der Waals surface area (Å²) >= 11 is 7.42. The Hall–Kier alpha value is -2.50. The fourth-order valence-corrected chi connectivity index (χ4v) is 3.59. The maximum absolute atomic E-state index is 12.2. The van der Waals surface area contributed by atoms with E-state index in [-0.39, 0.29) is 11.7 Å². The van der Waals surface area contributed by atoms with Crippen LogP contribution in [0.4, 0.5) is 17.1 Å². The quantitative estimate of drug-likeness (QED) is 0.662. The average molecular weight is 368 g/mol. The van der Waals surface area contributed by atoms with Crippen molar-refractivity contribution >= 4 is 62.3 Å². The average Bonchev–Trinajstić information content (AvgIpc) is 2.62. The van der Waals surface area contributed by atoms with E-state index in [0.29, 0.717) is 15.9 Å². The van der Waals surface area contributed by atoms with Gasteiger partial charge in [-0.25, -0.2) is 4.99 Å². The van der Waals surface area contributed by atoms with E-state index in [1.54, 1.807) is 12.1 Å². The molecule has 0 bridgehead atoms. The number of halogens is 1. The molecule has 4 rings (SSSR count). The van der Waals surface area contributed by atoms with Gasteiger partial charge in [0.1, 0.15) is 0 Å². The summed E-state index contributed by atoms with van der Waals surface area (Å²) in [7, 11) is 0. The lowest BCUT2D eigenvalue weighted by Crippen LogP contribution is -2.18. The lowest BCUT2D eigenvalue weighted by Gasteiger charge is -2.18. The normalized spacial score (nSPS) is 12.4. The van der Waals surface area contributed by atoms with Crippen molar-refractivity contribution in [2.45, 2.75) is 0 Å². The summed E-state index contributed by atoms with van der Waals surface area (Å²) in [6.45, 7) is 0. The molecule has 0 aliphatic carbocycles. The van der Waals surface area contributed by atoms with Gasteiger partial charge in [-0.2, -0.15) is 0 Å². The maximum atomic E-state index is 12.2. The number of carbonyl (C=O) groups excluding carboxylic acids is 1. The molecule has 0 aromatic heterocycles. The van der Waals surface area contributed by atoms with E-state index in [1.165, 1.54) is 11.8 Å². The highest BCUT2D eigenvalue weighted by molar-refractivity contribution is 8.14. The molecule has 0 saturated carbocycles. The molecule has 0 saturated heterocycles. The molecular formula is C19H14ClN3OS. The van der Waals surface area contributed by atoms with Crippen LogP contribution in [-0.2, 0) is 4.79 Å². The number of thioether (sulfide) groups is 1. The smallest absolute Gasteiger partial charge is 0.234 e. The summed E-state index contributed by atoms with van der Waals surface area (Å²) in [4.78, 5) is 16.8. The van der Waals surface area contributed by atoms with Crippen molar-refractivity contribution in [3.05, 3.63) is 65.7 Å². The number of amidine groups is 1. The Bertz CT molecular complexity index is 998. The zero-order chi connectivity index (χ0) is 17.2. The van der Waals surface area contributed by atoms with Crippen LogP contribution >= 0.6 is 23.4 Å². The first kappa shape index (κ1) is 16.0. The lowest BCUT2D eigenvalue weighted by atomic mass is 10.1. The number of anilines is 2. The van der Waals surface area contributed by atoms with E-state index >= 15 is 0 Å². The van der Waals surface area contributed by atoms with E-state index in [2.05, 4.69) is 27.8 Å². The lowest BCUT2D eigenvalue weighted by molar-refractivity contribution is -0.113. The van der Waals surface area contributed by atoms with Crippen LogP contribution in [0.2, 0.25) is 5.02 Å². The number of para-hydroxylation sites is 1. The van der Waals surface area contributed by atoms with Gasteiger partial charge >= 0.3 is 0 Å². The van der Waals surface area contributed by atoms with Crippen molar-refractivity contribution < 1.29 is 4.79 Å². The zero-order valence-corrected chi connectivity index (χ0v) is 14.7. The third-order valence-electron chi connectivity index (χ3n) is 3.83. The highest BCUT2D eigenvalue weighted by Gasteiger charge is 2.15. The van der Waals surface area contributed by atoms with Crippen LogP contribution in [0.25, 0.3) is 10.8 Å². The van der Waals surface area contributed by atoms with Crippen LogP contribution in [0.3, 0.4) is 0 Å². The Kier molecular flexibility index (Phi) is 4.34. The number of rotatable bonds is 3. The largest absolute Gasteiger partial charge is 0.334 e. The van der Waals surface area contributed by atoms with Crippen molar-refractivity contribution in [2.24, 2.45) is 4.99 Å². The molecule has 4 nitrogen and oxygen atoms in total. The number of carbonyl (C=O) groups is 1. The maximum Gasteiger partial charge on any atom is 0.234 e. The predicted molar refractivity (Wildman–Crippen MR) is 107 cm³/mol. The van der Waals surface area contributed by atoms with E-state index in [9.17, 15) is 4.79 Å². The highest BCUT2D eigenvalue weighted by atomic mass is 35.5. The second-order valence-corrected chi connectivity index (χ2v) is 6.91. The second-order valence-electron chi connectivity index (χ2n) is 5.54. The number of hydrogen-bond acceptors (Lipinski definition) is 4. The summed E-state index contributed by atoms with van der Waals surface area (Å²) in [5.41, 5.74) is 2.54. The predicted octanol–water partition coefficient (Wildman–Crippen LogP) is 5.28. The minimum Gasteiger partial charge on any atom is -0.334 e. The molecule has 3 aromatic rings. The molecule has 1 amide bonds. The van der Waals surface area contributed by atoms with Gasteiger partial charge < -0.3 is 10.6 Å². The molecule has 0 fully saturated rings. The molecule has 1 aliphatic heterocycles. The van der Waals surface area contributed by atoms with Crippen LogP contribution in [0.5, 0.6) is 0 Å². The molecule has 3 aromatic carbocycles. The molecular weight excluding hydrogens is 354 g/mol. The van der Waals surface area contributed by atoms with E-state index < -0.39 is 0 Å². The summed E-state index contributed by atoms with van der Waals surface area (Å²) in [5, 5.41) is 9.60. The SMILES string of the molecule is O=C(CSC1=Nc2cccc3cccc(c23)N1)Nc1ccccc1Cl. The Morgan fingerprint density at radius 1 is 1.08 bits per heavy atom. The summed E-state index contributed by atoms with van der Waals surface area (Å²) in [5.74, 6) is 0.120. The number of nitrogens with zero attached hydrogens (tertiary/aromatic N) is 1. The molecule has 0 atom stereocenters. The molecule has 1 heterocycles. The van der Waals surface area contributed by atoms with Crippen LogP contribution in [0, 0.1) is 0 Å². The van der Waals surface area contributed by atoms with Gasteiger partial charge in [0.15, 0.2) is 5.17 Å².